The van der Waals surface area contributed by atoms with Crippen LogP contribution in [0.15, 0.2) is 48.5 Å². The van der Waals surface area contributed by atoms with Gasteiger partial charge in [0, 0.05) is 29.9 Å². The van der Waals surface area contributed by atoms with Gasteiger partial charge in [0.25, 0.3) is 5.91 Å². The summed E-state index contributed by atoms with van der Waals surface area (Å²) in [5.74, 6) is -1.43. The van der Waals surface area contributed by atoms with Crippen LogP contribution in [-0.4, -0.2) is 33.8 Å². The van der Waals surface area contributed by atoms with Crippen molar-refractivity contribution < 1.29 is 14.7 Å². The number of aryl methyl sites for hydroxylation is 2. The molecule has 1 aromatic heterocycles. The second-order valence-corrected chi connectivity index (χ2v) is 7.79. The van der Waals surface area contributed by atoms with Crippen LogP contribution in [-0.2, 0) is 13.1 Å². The molecule has 3 rings (SSSR count). The summed E-state index contributed by atoms with van der Waals surface area (Å²) in [5, 5.41) is 17.4. The lowest BCUT2D eigenvalue weighted by Crippen LogP contribution is -2.22. The van der Waals surface area contributed by atoms with Crippen LogP contribution < -0.4 is 10.2 Å². The molecule has 8 heteroatoms. The fourth-order valence-corrected chi connectivity index (χ4v) is 3.60. The Morgan fingerprint density at radius 1 is 1.19 bits per heavy atom. The van der Waals surface area contributed by atoms with Gasteiger partial charge in [0.15, 0.2) is 0 Å². The second kappa shape index (κ2) is 9.66. The molecule has 0 spiro atoms. The van der Waals surface area contributed by atoms with E-state index in [-0.39, 0.29) is 11.5 Å². The van der Waals surface area contributed by atoms with E-state index < -0.39 is 5.97 Å². The van der Waals surface area contributed by atoms with Crippen molar-refractivity contribution in [3.8, 4) is 0 Å². The molecule has 0 bridgehead atoms. The maximum absolute atomic E-state index is 12.5. The Kier molecular flexibility index (Phi) is 6.97. The van der Waals surface area contributed by atoms with Gasteiger partial charge >= 0.3 is 5.97 Å². The third kappa shape index (κ3) is 5.44. The lowest BCUT2D eigenvalue weighted by molar-refractivity contribution is 0.0697. The largest absolute Gasteiger partial charge is 0.478 e. The number of carbonyl (C=O) groups excluding carboxylic acids is 1. The predicted octanol–water partition coefficient (Wildman–Crippen LogP) is 4.84. The van der Waals surface area contributed by atoms with Crippen molar-refractivity contribution in [2.45, 2.75) is 33.4 Å². The molecule has 0 saturated heterocycles. The summed E-state index contributed by atoms with van der Waals surface area (Å²) in [5.41, 5.74) is 3.38. The van der Waals surface area contributed by atoms with E-state index in [1.807, 2.05) is 29.6 Å². The Morgan fingerprint density at radius 2 is 1.97 bits per heavy atom. The Hall–Kier alpha value is -3.32. The van der Waals surface area contributed by atoms with Crippen molar-refractivity contribution in [3.63, 3.8) is 0 Å². The molecule has 1 heterocycles. The predicted molar refractivity (Wildman–Crippen MR) is 122 cm³/mol. The Labute approximate surface area is 186 Å². The molecule has 0 radical (unpaired) electrons. The fraction of sp³-hybridized carbons (Fsp3) is 0.261. The summed E-state index contributed by atoms with van der Waals surface area (Å²) in [6.45, 7) is 5.34. The van der Waals surface area contributed by atoms with Crippen LogP contribution >= 0.6 is 11.6 Å². The van der Waals surface area contributed by atoms with Crippen LogP contribution in [0.25, 0.3) is 0 Å². The lowest BCUT2D eigenvalue weighted by atomic mass is 10.1. The number of rotatable bonds is 8. The van der Waals surface area contributed by atoms with E-state index in [0.717, 1.165) is 24.4 Å². The van der Waals surface area contributed by atoms with Crippen molar-refractivity contribution in [1.82, 2.24) is 9.78 Å². The summed E-state index contributed by atoms with van der Waals surface area (Å²) < 4.78 is 1.95. The van der Waals surface area contributed by atoms with Crippen molar-refractivity contribution in [2.24, 2.45) is 0 Å². The topological polar surface area (TPSA) is 87.5 Å². The summed E-state index contributed by atoms with van der Waals surface area (Å²) in [7, 11) is 1.84. The first kappa shape index (κ1) is 22.4. The summed E-state index contributed by atoms with van der Waals surface area (Å²) in [6, 6.07) is 13.4. The zero-order valence-corrected chi connectivity index (χ0v) is 18.5. The number of anilines is 2. The van der Waals surface area contributed by atoms with Crippen LogP contribution in [0.4, 0.5) is 11.4 Å². The Balaban J connectivity index is 1.83. The van der Waals surface area contributed by atoms with Crippen LogP contribution in [0.3, 0.4) is 0 Å². The zero-order valence-electron chi connectivity index (χ0n) is 17.7. The van der Waals surface area contributed by atoms with Gasteiger partial charge in [-0.2, -0.15) is 5.10 Å². The number of halogens is 1. The molecule has 0 fully saturated rings. The highest BCUT2D eigenvalue weighted by atomic mass is 35.5. The van der Waals surface area contributed by atoms with E-state index >= 15 is 0 Å². The maximum Gasteiger partial charge on any atom is 0.337 e. The summed E-state index contributed by atoms with van der Waals surface area (Å²) in [6.07, 6.45) is 0.958. The zero-order chi connectivity index (χ0) is 22.5. The minimum atomic E-state index is -1.07. The third-order valence-corrected chi connectivity index (χ3v) is 5.04. The average molecular weight is 441 g/mol. The highest BCUT2D eigenvalue weighted by Crippen LogP contribution is 2.26. The molecule has 31 heavy (non-hydrogen) atoms. The summed E-state index contributed by atoms with van der Waals surface area (Å²) >= 11 is 5.94. The molecule has 2 N–H and O–H groups in total. The molecule has 0 saturated carbocycles. The number of aromatic nitrogens is 2. The molecule has 1 amide bonds. The molecule has 0 aliphatic rings. The number of amides is 1. The molecular weight excluding hydrogens is 416 g/mol. The van der Waals surface area contributed by atoms with Crippen molar-refractivity contribution in [2.75, 3.05) is 17.3 Å². The second-order valence-electron chi connectivity index (χ2n) is 7.36. The summed E-state index contributed by atoms with van der Waals surface area (Å²) in [4.78, 5) is 26.3. The fourth-order valence-electron chi connectivity index (χ4n) is 3.41. The lowest BCUT2D eigenvalue weighted by Gasteiger charge is -2.22. The molecular formula is C23H25ClN4O3. The normalized spacial score (nSPS) is 10.7. The number of benzene rings is 2. The van der Waals surface area contributed by atoms with Gasteiger partial charge in [0.2, 0.25) is 0 Å². The average Bonchev–Trinajstić information content (AvgIpc) is 3.06. The van der Waals surface area contributed by atoms with E-state index in [2.05, 4.69) is 17.3 Å². The van der Waals surface area contributed by atoms with Gasteiger partial charge in [0.05, 0.1) is 29.2 Å². The number of nitrogens with zero attached hydrogens (tertiary/aromatic N) is 3. The number of aromatic carboxylic acids is 1. The van der Waals surface area contributed by atoms with Gasteiger partial charge in [-0.15, -0.1) is 0 Å². The molecule has 7 nitrogen and oxygen atoms in total. The van der Waals surface area contributed by atoms with Crippen LogP contribution in [0, 0.1) is 6.92 Å². The Bertz CT molecular complexity index is 1110. The van der Waals surface area contributed by atoms with Crippen LogP contribution in [0.2, 0.25) is 5.02 Å². The number of hydrogen-bond donors (Lipinski definition) is 2. The van der Waals surface area contributed by atoms with E-state index in [0.29, 0.717) is 28.5 Å². The minimum Gasteiger partial charge on any atom is -0.478 e. The monoisotopic (exact) mass is 440 g/mol. The van der Waals surface area contributed by atoms with Crippen molar-refractivity contribution in [3.05, 3.63) is 76.1 Å². The minimum absolute atomic E-state index is 0.102. The SMILES string of the molecule is CCCn1nc(C)cc1CN(C)c1ccc(NC(=O)c2cccc(Cl)c2)cc1C(=O)O. The number of carbonyl (C=O) groups is 2. The molecule has 0 unspecified atom stereocenters. The maximum atomic E-state index is 12.5. The Morgan fingerprint density at radius 3 is 2.65 bits per heavy atom. The van der Waals surface area contributed by atoms with E-state index in [1.165, 1.54) is 6.07 Å². The molecule has 0 aliphatic carbocycles. The van der Waals surface area contributed by atoms with Crippen LogP contribution in [0.1, 0.15) is 45.4 Å². The first-order valence-corrected chi connectivity index (χ1v) is 10.3. The van der Waals surface area contributed by atoms with E-state index in [9.17, 15) is 14.7 Å². The van der Waals surface area contributed by atoms with Gasteiger partial charge < -0.3 is 15.3 Å². The van der Waals surface area contributed by atoms with Gasteiger partial charge in [-0.1, -0.05) is 24.6 Å². The number of nitrogens with one attached hydrogen (secondary N) is 1. The first-order valence-electron chi connectivity index (χ1n) is 9.97. The van der Waals surface area contributed by atoms with E-state index in [1.54, 1.807) is 36.4 Å². The number of hydrogen-bond acceptors (Lipinski definition) is 4. The van der Waals surface area contributed by atoms with Gasteiger partial charge in [0.1, 0.15) is 0 Å². The standard InChI is InChI=1S/C23H25ClN4O3/c1-4-10-28-19(11-15(2)26-28)14-27(3)21-9-8-18(13-20(21)23(30)31)25-22(29)16-6-5-7-17(24)12-16/h5-9,11-13H,4,10,14H2,1-3H3,(H,25,29)(H,30,31). The molecule has 3 aromatic rings. The van der Waals surface area contributed by atoms with E-state index in [4.69, 9.17) is 11.6 Å². The van der Waals surface area contributed by atoms with Crippen LogP contribution in [0.5, 0.6) is 0 Å². The smallest absolute Gasteiger partial charge is 0.337 e. The molecule has 0 aliphatic heterocycles. The van der Waals surface area contributed by atoms with Gasteiger partial charge in [-0.3, -0.25) is 9.48 Å². The van der Waals surface area contributed by atoms with Gasteiger partial charge in [-0.25, -0.2) is 4.79 Å². The molecule has 2 aromatic carbocycles. The third-order valence-electron chi connectivity index (χ3n) is 4.80. The first-order chi connectivity index (χ1) is 14.8. The van der Waals surface area contributed by atoms with Gasteiger partial charge in [-0.05, 0) is 55.8 Å². The quantitative estimate of drug-likeness (QED) is 0.523. The highest BCUT2D eigenvalue weighted by Gasteiger charge is 2.17. The number of carboxylic acid groups (broad SMARTS) is 1. The molecule has 0 atom stereocenters. The molecule has 162 valence electrons. The van der Waals surface area contributed by atoms with Crippen molar-refractivity contribution >= 4 is 34.9 Å². The number of carboxylic acids is 1. The van der Waals surface area contributed by atoms with Crippen molar-refractivity contribution in [1.29, 1.82) is 0 Å². The highest BCUT2D eigenvalue weighted by molar-refractivity contribution is 6.31.